The summed E-state index contributed by atoms with van der Waals surface area (Å²) >= 11 is 5.94. The van der Waals surface area contributed by atoms with E-state index in [4.69, 9.17) is 11.6 Å². The number of carbonyl (C=O) groups excluding carboxylic acids is 1. The number of hydrogen-bond acceptors (Lipinski definition) is 4. The summed E-state index contributed by atoms with van der Waals surface area (Å²) in [7, 11) is 0. The fraction of sp³-hybridized carbons (Fsp3) is 0.250. The van der Waals surface area contributed by atoms with E-state index in [9.17, 15) is 9.18 Å². The average molecular weight is 400 g/mol. The van der Waals surface area contributed by atoms with Crippen molar-refractivity contribution in [2.24, 2.45) is 0 Å². The molecule has 0 atom stereocenters. The Bertz CT molecular complexity index is 983. The standard InChI is InChI=1S/C20H19ClFN5O/c21-14-3-1-13(2-4-14)17-11-15(22)5-6-18(17)24-20(28)19-12-27(26-25-19)16-7-9-23-10-8-16/h1-6,11-12,16,23H,7-10H2,(H,24,28). The van der Waals surface area contributed by atoms with E-state index in [2.05, 4.69) is 20.9 Å². The van der Waals surface area contributed by atoms with Gasteiger partial charge in [0.2, 0.25) is 0 Å². The van der Waals surface area contributed by atoms with Crippen LogP contribution in [0.15, 0.2) is 48.7 Å². The van der Waals surface area contributed by atoms with Crippen molar-refractivity contribution < 1.29 is 9.18 Å². The first-order chi connectivity index (χ1) is 13.6. The second-order valence-corrected chi connectivity index (χ2v) is 7.15. The third kappa shape index (κ3) is 4.05. The number of carbonyl (C=O) groups is 1. The number of hydrogen-bond donors (Lipinski definition) is 2. The van der Waals surface area contributed by atoms with Gasteiger partial charge in [0.15, 0.2) is 5.69 Å². The Morgan fingerprint density at radius 2 is 1.93 bits per heavy atom. The number of benzene rings is 2. The summed E-state index contributed by atoms with van der Waals surface area (Å²) in [5.41, 5.74) is 2.03. The number of halogens is 2. The fourth-order valence-corrected chi connectivity index (χ4v) is 3.44. The highest BCUT2D eigenvalue weighted by atomic mass is 35.5. The molecule has 3 aromatic rings. The van der Waals surface area contributed by atoms with Gasteiger partial charge < -0.3 is 10.6 Å². The van der Waals surface area contributed by atoms with Crippen LogP contribution in [0.4, 0.5) is 10.1 Å². The summed E-state index contributed by atoms with van der Waals surface area (Å²) in [5, 5.41) is 14.8. The summed E-state index contributed by atoms with van der Waals surface area (Å²) in [6, 6.07) is 11.5. The molecule has 1 aliphatic heterocycles. The normalized spacial score (nSPS) is 14.8. The van der Waals surface area contributed by atoms with Crippen LogP contribution in [0.2, 0.25) is 5.02 Å². The van der Waals surface area contributed by atoms with Gasteiger partial charge in [-0.3, -0.25) is 4.79 Å². The molecule has 0 spiro atoms. The van der Waals surface area contributed by atoms with Crippen LogP contribution < -0.4 is 10.6 Å². The summed E-state index contributed by atoms with van der Waals surface area (Å²) in [5.74, 6) is -0.776. The first-order valence-corrected chi connectivity index (χ1v) is 9.47. The molecule has 144 valence electrons. The van der Waals surface area contributed by atoms with Gasteiger partial charge in [-0.2, -0.15) is 0 Å². The maximum atomic E-state index is 13.8. The van der Waals surface area contributed by atoms with E-state index in [1.54, 1.807) is 35.1 Å². The van der Waals surface area contributed by atoms with E-state index in [0.717, 1.165) is 31.5 Å². The number of nitrogens with zero attached hydrogens (tertiary/aromatic N) is 3. The zero-order valence-corrected chi connectivity index (χ0v) is 15.8. The highest BCUT2D eigenvalue weighted by Gasteiger charge is 2.19. The Kier molecular flexibility index (Phi) is 5.36. The van der Waals surface area contributed by atoms with Crippen LogP contribution in [0, 0.1) is 5.82 Å². The molecule has 0 saturated carbocycles. The number of nitrogens with one attached hydrogen (secondary N) is 2. The maximum absolute atomic E-state index is 13.8. The lowest BCUT2D eigenvalue weighted by molar-refractivity contribution is 0.102. The van der Waals surface area contributed by atoms with E-state index >= 15 is 0 Å². The van der Waals surface area contributed by atoms with Gasteiger partial charge in [0.05, 0.1) is 12.2 Å². The molecule has 4 rings (SSSR count). The Labute approximate surface area is 166 Å². The summed E-state index contributed by atoms with van der Waals surface area (Å²) in [4.78, 5) is 12.7. The molecule has 0 aliphatic carbocycles. The van der Waals surface area contributed by atoms with E-state index in [1.807, 2.05) is 0 Å². The van der Waals surface area contributed by atoms with Gasteiger partial charge >= 0.3 is 0 Å². The van der Waals surface area contributed by atoms with Crippen molar-refractivity contribution in [3.8, 4) is 11.1 Å². The lowest BCUT2D eigenvalue weighted by Crippen LogP contribution is -2.29. The molecule has 2 aromatic carbocycles. The molecule has 28 heavy (non-hydrogen) atoms. The average Bonchev–Trinajstić information content (AvgIpc) is 3.21. The zero-order valence-electron chi connectivity index (χ0n) is 15.0. The third-order valence-corrected chi connectivity index (χ3v) is 5.06. The molecule has 2 heterocycles. The minimum Gasteiger partial charge on any atom is -0.320 e. The minimum absolute atomic E-state index is 0.227. The molecule has 0 unspecified atom stereocenters. The molecule has 0 bridgehead atoms. The van der Waals surface area contributed by atoms with Gasteiger partial charge in [0.1, 0.15) is 5.82 Å². The van der Waals surface area contributed by atoms with Crippen LogP contribution in [-0.4, -0.2) is 34.0 Å². The molecule has 2 N–H and O–H groups in total. The zero-order chi connectivity index (χ0) is 19.5. The molecule has 1 amide bonds. The van der Waals surface area contributed by atoms with Gasteiger partial charge in [-0.15, -0.1) is 5.10 Å². The first-order valence-electron chi connectivity index (χ1n) is 9.09. The van der Waals surface area contributed by atoms with Crippen LogP contribution in [0.5, 0.6) is 0 Å². The Hall–Kier alpha value is -2.77. The van der Waals surface area contributed by atoms with Crippen molar-refractivity contribution in [3.05, 3.63) is 65.2 Å². The summed E-state index contributed by atoms with van der Waals surface area (Å²) in [6.07, 6.45) is 3.56. The Balaban J connectivity index is 1.56. The van der Waals surface area contributed by atoms with Crippen molar-refractivity contribution in [1.29, 1.82) is 0 Å². The Morgan fingerprint density at radius 1 is 1.18 bits per heavy atom. The fourth-order valence-electron chi connectivity index (χ4n) is 3.31. The topological polar surface area (TPSA) is 71.8 Å². The van der Waals surface area contributed by atoms with E-state index in [1.165, 1.54) is 18.2 Å². The molecule has 6 nitrogen and oxygen atoms in total. The van der Waals surface area contributed by atoms with Crippen molar-refractivity contribution in [3.63, 3.8) is 0 Å². The molecule has 1 fully saturated rings. The molecule has 1 saturated heterocycles. The molecular formula is C20H19ClFN5O. The van der Waals surface area contributed by atoms with Crippen molar-refractivity contribution in [1.82, 2.24) is 20.3 Å². The number of piperidine rings is 1. The van der Waals surface area contributed by atoms with Crippen LogP contribution in [0.1, 0.15) is 29.4 Å². The molecule has 0 radical (unpaired) electrons. The quantitative estimate of drug-likeness (QED) is 0.697. The number of rotatable bonds is 4. The van der Waals surface area contributed by atoms with E-state index < -0.39 is 0 Å². The molecular weight excluding hydrogens is 381 g/mol. The molecule has 8 heteroatoms. The monoisotopic (exact) mass is 399 g/mol. The Morgan fingerprint density at radius 3 is 2.68 bits per heavy atom. The number of anilines is 1. The van der Waals surface area contributed by atoms with Gasteiger partial charge in [0, 0.05) is 16.3 Å². The van der Waals surface area contributed by atoms with E-state index in [0.29, 0.717) is 16.3 Å². The minimum atomic E-state index is -0.389. The van der Waals surface area contributed by atoms with Gasteiger partial charge in [-0.1, -0.05) is 28.9 Å². The van der Waals surface area contributed by atoms with Crippen molar-refractivity contribution in [2.75, 3.05) is 18.4 Å². The van der Waals surface area contributed by atoms with Gasteiger partial charge in [-0.05, 0) is 61.8 Å². The maximum Gasteiger partial charge on any atom is 0.277 e. The van der Waals surface area contributed by atoms with Gasteiger partial charge in [0.25, 0.3) is 5.91 Å². The predicted molar refractivity (Wildman–Crippen MR) is 106 cm³/mol. The molecule has 1 aromatic heterocycles. The highest BCUT2D eigenvalue weighted by molar-refractivity contribution is 6.30. The number of amides is 1. The SMILES string of the molecule is O=C(Nc1ccc(F)cc1-c1ccc(Cl)cc1)c1cn(C2CCNCC2)nn1. The van der Waals surface area contributed by atoms with Crippen LogP contribution in [0.25, 0.3) is 11.1 Å². The second kappa shape index (κ2) is 8.08. The summed E-state index contributed by atoms with van der Waals surface area (Å²) in [6.45, 7) is 1.85. The number of aromatic nitrogens is 3. The largest absolute Gasteiger partial charge is 0.320 e. The van der Waals surface area contributed by atoms with Crippen molar-refractivity contribution >= 4 is 23.2 Å². The predicted octanol–water partition coefficient (Wildman–Crippen LogP) is 3.91. The lowest BCUT2D eigenvalue weighted by Gasteiger charge is -2.22. The highest BCUT2D eigenvalue weighted by Crippen LogP contribution is 2.30. The first kappa shape index (κ1) is 18.6. The third-order valence-electron chi connectivity index (χ3n) is 4.81. The van der Waals surface area contributed by atoms with Crippen LogP contribution in [-0.2, 0) is 0 Å². The second-order valence-electron chi connectivity index (χ2n) is 6.72. The van der Waals surface area contributed by atoms with Crippen LogP contribution in [0.3, 0.4) is 0 Å². The summed E-state index contributed by atoms with van der Waals surface area (Å²) < 4.78 is 15.6. The lowest BCUT2D eigenvalue weighted by atomic mass is 10.0. The molecule has 1 aliphatic rings. The smallest absolute Gasteiger partial charge is 0.277 e. The van der Waals surface area contributed by atoms with Crippen molar-refractivity contribution in [2.45, 2.75) is 18.9 Å². The van der Waals surface area contributed by atoms with Gasteiger partial charge in [-0.25, -0.2) is 9.07 Å². The van der Waals surface area contributed by atoms with Crippen LogP contribution >= 0.6 is 11.6 Å². The van der Waals surface area contributed by atoms with E-state index in [-0.39, 0.29) is 23.5 Å².